The van der Waals surface area contributed by atoms with E-state index in [1.807, 2.05) is 45.9 Å². The molecule has 0 atom stereocenters. The Morgan fingerprint density at radius 1 is 0.962 bits per heavy atom. The fraction of sp³-hybridized carbons (Fsp3) is 0.421. The zero-order valence-electron chi connectivity index (χ0n) is 15.5. The van der Waals surface area contributed by atoms with E-state index in [1.54, 1.807) is 0 Å². The molecule has 0 aliphatic carbocycles. The SMILES string of the molecule is CCOc1nc(-c2cc(C)c(OCCCc3cc(C)no3)c(C)c2)no1. The zero-order valence-corrected chi connectivity index (χ0v) is 15.5. The van der Waals surface area contributed by atoms with Crippen LogP contribution in [0.5, 0.6) is 11.8 Å². The van der Waals surface area contributed by atoms with E-state index in [0.717, 1.165) is 46.7 Å². The Labute approximate surface area is 152 Å². The molecule has 7 nitrogen and oxygen atoms in total. The predicted octanol–water partition coefficient (Wildman–Crippen LogP) is 4.06. The van der Waals surface area contributed by atoms with Crippen LogP contribution in [-0.4, -0.2) is 28.5 Å². The van der Waals surface area contributed by atoms with E-state index in [0.29, 0.717) is 19.0 Å². The summed E-state index contributed by atoms with van der Waals surface area (Å²) in [6.45, 7) is 8.90. The van der Waals surface area contributed by atoms with Crippen molar-refractivity contribution >= 4 is 0 Å². The molecule has 138 valence electrons. The summed E-state index contributed by atoms with van der Waals surface area (Å²) in [6.07, 6.45) is 1.85. The fourth-order valence-corrected chi connectivity index (χ4v) is 2.77. The van der Waals surface area contributed by atoms with Gasteiger partial charge in [-0.25, -0.2) is 0 Å². The molecule has 0 N–H and O–H groups in total. The number of ether oxygens (including phenoxy) is 2. The number of nitrogens with zero attached hydrogens (tertiary/aromatic N) is 3. The summed E-state index contributed by atoms with van der Waals surface area (Å²) in [7, 11) is 0. The lowest BCUT2D eigenvalue weighted by molar-refractivity contribution is 0.215. The quantitative estimate of drug-likeness (QED) is 0.562. The van der Waals surface area contributed by atoms with Crippen molar-refractivity contribution in [2.24, 2.45) is 0 Å². The molecular formula is C19H23N3O4. The number of aromatic nitrogens is 3. The van der Waals surface area contributed by atoms with Crippen molar-refractivity contribution in [1.29, 1.82) is 0 Å². The van der Waals surface area contributed by atoms with E-state index in [-0.39, 0.29) is 6.08 Å². The minimum Gasteiger partial charge on any atom is -0.493 e. The number of benzene rings is 1. The van der Waals surface area contributed by atoms with Gasteiger partial charge in [0.05, 0.1) is 18.9 Å². The lowest BCUT2D eigenvalue weighted by Crippen LogP contribution is -2.02. The van der Waals surface area contributed by atoms with Gasteiger partial charge in [0, 0.05) is 18.1 Å². The van der Waals surface area contributed by atoms with Crippen molar-refractivity contribution in [1.82, 2.24) is 15.3 Å². The molecule has 2 heterocycles. The highest BCUT2D eigenvalue weighted by Crippen LogP contribution is 2.29. The number of aryl methyl sites for hydroxylation is 4. The van der Waals surface area contributed by atoms with E-state index in [9.17, 15) is 0 Å². The molecule has 0 unspecified atom stereocenters. The number of rotatable bonds is 8. The van der Waals surface area contributed by atoms with Crippen LogP contribution in [0.15, 0.2) is 27.2 Å². The largest absolute Gasteiger partial charge is 0.493 e. The van der Waals surface area contributed by atoms with Crippen LogP contribution in [0, 0.1) is 20.8 Å². The molecule has 1 aromatic carbocycles. The minimum atomic E-state index is 0.181. The van der Waals surface area contributed by atoms with Crippen molar-refractivity contribution in [3.63, 3.8) is 0 Å². The molecule has 0 fully saturated rings. The highest BCUT2D eigenvalue weighted by molar-refractivity contribution is 5.61. The van der Waals surface area contributed by atoms with E-state index < -0.39 is 0 Å². The highest BCUT2D eigenvalue weighted by Gasteiger charge is 2.13. The molecule has 7 heteroatoms. The molecule has 26 heavy (non-hydrogen) atoms. The van der Waals surface area contributed by atoms with E-state index in [1.165, 1.54) is 0 Å². The first-order valence-electron chi connectivity index (χ1n) is 8.70. The van der Waals surface area contributed by atoms with Gasteiger partial charge in [-0.05, 0) is 57.4 Å². The van der Waals surface area contributed by atoms with Gasteiger partial charge in [0.15, 0.2) is 0 Å². The number of hydrogen-bond donors (Lipinski definition) is 0. The van der Waals surface area contributed by atoms with Gasteiger partial charge >= 0.3 is 6.08 Å². The summed E-state index contributed by atoms with van der Waals surface area (Å²) in [4.78, 5) is 4.24. The van der Waals surface area contributed by atoms with Gasteiger partial charge in [-0.2, -0.15) is 4.98 Å². The average molecular weight is 357 g/mol. The van der Waals surface area contributed by atoms with Gasteiger partial charge < -0.3 is 14.0 Å². The van der Waals surface area contributed by atoms with Crippen molar-refractivity contribution in [2.45, 2.75) is 40.5 Å². The molecule has 0 radical (unpaired) electrons. The smallest absolute Gasteiger partial charge is 0.417 e. The van der Waals surface area contributed by atoms with Gasteiger partial charge in [-0.3, -0.25) is 4.52 Å². The standard InChI is InChI=1S/C19H23N3O4/c1-5-23-19-20-18(22-26-19)15-9-12(2)17(13(3)10-15)24-8-6-7-16-11-14(4)21-25-16/h9-11H,5-8H2,1-4H3. The molecule has 3 aromatic rings. The maximum Gasteiger partial charge on any atom is 0.417 e. The van der Waals surface area contributed by atoms with Crippen LogP contribution in [-0.2, 0) is 6.42 Å². The molecule has 0 aliphatic rings. The lowest BCUT2D eigenvalue weighted by Gasteiger charge is -2.13. The second-order valence-corrected chi connectivity index (χ2v) is 6.14. The third-order valence-corrected chi connectivity index (χ3v) is 3.88. The summed E-state index contributed by atoms with van der Waals surface area (Å²) < 4.78 is 21.5. The van der Waals surface area contributed by atoms with Crippen LogP contribution in [0.2, 0.25) is 0 Å². The van der Waals surface area contributed by atoms with Gasteiger partial charge in [-0.1, -0.05) is 10.3 Å². The Hall–Kier alpha value is -2.83. The lowest BCUT2D eigenvalue weighted by atomic mass is 10.1. The fourth-order valence-electron chi connectivity index (χ4n) is 2.77. The molecule has 2 aromatic heterocycles. The summed E-state index contributed by atoms with van der Waals surface area (Å²) in [6, 6.07) is 5.93. The minimum absolute atomic E-state index is 0.181. The van der Waals surface area contributed by atoms with Gasteiger partial charge in [0.2, 0.25) is 5.82 Å². The Morgan fingerprint density at radius 2 is 1.73 bits per heavy atom. The predicted molar refractivity (Wildman–Crippen MR) is 95.4 cm³/mol. The molecule has 0 saturated carbocycles. The van der Waals surface area contributed by atoms with E-state index in [4.69, 9.17) is 18.5 Å². The summed E-state index contributed by atoms with van der Waals surface area (Å²) in [5.74, 6) is 2.28. The molecule has 0 spiro atoms. The second-order valence-electron chi connectivity index (χ2n) is 6.14. The molecule has 0 bridgehead atoms. The van der Waals surface area contributed by atoms with E-state index >= 15 is 0 Å². The first kappa shape index (κ1) is 18.0. The van der Waals surface area contributed by atoms with Crippen LogP contribution in [0.1, 0.15) is 35.9 Å². The monoisotopic (exact) mass is 357 g/mol. The first-order chi connectivity index (χ1) is 12.6. The van der Waals surface area contributed by atoms with Crippen LogP contribution in [0.4, 0.5) is 0 Å². The number of hydrogen-bond acceptors (Lipinski definition) is 7. The Balaban J connectivity index is 1.63. The van der Waals surface area contributed by atoms with E-state index in [2.05, 4.69) is 15.3 Å². The third kappa shape index (κ3) is 4.22. The van der Waals surface area contributed by atoms with Gasteiger partial charge in [-0.15, -0.1) is 0 Å². The Morgan fingerprint density at radius 3 is 2.38 bits per heavy atom. The van der Waals surface area contributed by atoms with Crippen LogP contribution < -0.4 is 9.47 Å². The van der Waals surface area contributed by atoms with Gasteiger partial charge in [0.1, 0.15) is 11.5 Å². The van der Waals surface area contributed by atoms with Crippen molar-refractivity contribution in [3.05, 3.63) is 40.8 Å². The first-order valence-corrected chi connectivity index (χ1v) is 8.70. The molecular weight excluding hydrogens is 334 g/mol. The maximum atomic E-state index is 5.98. The van der Waals surface area contributed by atoms with Crippen molar-refractivity contribution in [2.75, 3.05) is 13.2 Å². The third-order valence-electron chi connectivity index (χ3n) is 3.88. The summed E-state index contributed by atoms with van der Waals surface area (Å²) in [5.41, 5.74) is 3.83. The van der Waals surface area contributed by atoms with Crippen LogP contribution in [0.3, 0.4) is 0 Å². The molecule has 0 aliphatic heterocycles. The second kappa shape index (κ2) is 8.03. The van der Waals surface area contributed by atoms with Gasteiger partial charge in [0.25, 0.3) is 0 Å². The zero-order chi connectivity index (χ0) is 18.5. The Bertz CT molecular complexity index is 846. The molecule has 0 saturated heterocycles. The average Bonchev–Trinajstić information content (AvgIpc) is 3.23. The summed E-state index contributed by atoms with van der Waals surface area (Å²) in [5, 5.41) is 7.85. The van der Waals surface area contributed by atoms with Crippen molar-refractivity contribution < 1.29 is 18.5 Å². The highest BCUT2D eigenvalue weighted by atomic mass is 16.6. The normalized spacial score (nSPS) is 10.9. The van der Waals surface area contributed by atoms with Crippen LogP contribution >= 0.6 is 0 Å². The molecule has 0 amide bonds. The topological polar surface area (TPSA) is 83.4 Å². The summed E-state index contributed by atoms with van der Waals surface area (Å²) >= 11 is 0. The van der Waals surface area contributed by atoms with Crippen LogP contribution in [0.25, 0.3) is 11.4 Å². The molecule has 3 rings (SSSR count). The van der Waals surface area contributed by atoms with Crippen molar-refractivity contribution in [3.8, 4) is 23.2 Å². The Kier molecular flexibility index (Phi) is 5.55. The maximum absolute atomic E-state index is 5.98.